The SMILES string of the molecule is Fc1ccc2c(c1)C(NCc1ccc(Br)c(Cl)c1)CCS2. The van der Waals surface area contributed by atoms with Crippen molar-refractivity contribution in [2.45, 2.75) is 23.9 Å². The minimum Gasteiger partial charge on any atom is -0.306 e. The van der Waals surface area contributed by atoms with Crippen LogP contribution in [0.2, 0.25) is 5.02 Å². The van der Waals surface area contributed by atoms with Gasteiger partial charge in [0.05, 0.1) is 5.02 Å². The minimum atomic E-state index is -0.172. The molecule has 1 aliphatic heterocycles. The highest BCUT2D eigenvalue weighted by Gasteiger charge is 2.20. The van der Waals surface area contributed by atoms with Gasteiger partial charge in [-0.15, -0.1) is 11.8 Å². The number of hydrogen-bond acceptors (Lipinski definition) is 2. The van der Waals surface area contributed by atoms with E-state index in [0.29, 0.717) is 5.02 Å². The van der Waals surface area contributed by atoms with Gasteiger partial charge in [0.1, 0.15) is 5.82 Å². The quantitative estimate of drug-likeness (QED) is 0.740. The summed E-state index contributed by atoms with van der Waals surface area (Å²) in [7, 11) is 0. The molecule has 1 aliphatic rings. The van der Waals surface area contributed by atoms with E-state index in [9.17, 15) is 4.39 Å². The monoisotopic (exact) mass is 385 g/mol. The van der Waals surface area contributed by atoms with Crippen LogP contribution in [0.25, 0.3) is 0 Å². The number of rotatable bonds is 3. The normalized spacial score (nSPS) is 17.6. The average Bonchev–Trinajstić information content (AvgIpc) is 2.48. The number of halogens is 3. The Kier molecular flexibility index (Phi) is 4.89. The summed E-state index contributed by atoms with van der Waals surface area (Å²) in [6.07, 6.45) is 1.01. The average molecular weight is 387 g/mol. The Hall–Kier alpha value is -0.550. The second-order valence-electron chi connectivity index (χ2n) is 5.00. The van der Waals surface area contributed by atoms with Crippen molar-refractivity contribution in [1.82, 2.24) is 5.32 Å². The van der Waals surface area contributed by atoms with Crippen LogP contribution in [0, 0.1) is 5.82 Å². The molecule has 0 aliphatic carbocycles. The molecule has 0 saturated heterocycles. The van der Waals surface area contributed by atoms with Gasteiger partial charge in [-0.3, -0.25) is 0 Å². The smallest absolute Gasteiger partial charge is 0.123 e. The van der Waals surface area contributed by atoms with E-state index in [1.807, 2.05) is 24.3 Å². The summed E-state index contributed by atoms with van der Waals surface area (Å²) in [4.78, 5) is 1.17. The molecule has 21 heavy (non-hydrogen) atoms. The van der Waals surface area contributed by atoms with Gasteiger partial charge in [0.15, 0.2) is 0 Å². The molecule has 1 nitrogen and oxygen atoms in total. The lowest BCUT2D eigenvalue weighted by atomic mass is 10.0. The van der Waals surface area contributed by atoms with E-state index in [1.54, 1.807) is 17.8 Å². The Morgan fingerprint density at radius 1 is 1.29 bits per heavy atom. The molecule has 0 saturated carbocycles. The molecule has 2 aromatic rings. The van der Waals surface area contributed by atoms with Crippen molar-refractivity contribution in [1.29, 1.82) is 0 Å². The number of hydrogen-bond donors (Lipinski definition) is 1. The van der Waals surface area contributed by atoms with Gasteiger partial charge in [0.2, 0.25) is 0 Å². The van der Waals surface area contributed by atoms with Crippen molar-refractivity contribution in [3.63, 3.8) is 0 Å². The Morgan fingerprint density at radius 3 is 2.95 bits per heavy atom. The molecule has 2 aromatic carbocycles. The number of nitrogens with one attached hydrogen (secondary N) is 1. The zero-order valence-corrected chi connectivity index (χ0v) is 14.4. The van der Waals surface area contributed by atoms with Crippen LogP contribution >= 0.6 is 39.3 Å². The number of thioether (sulfide) groups is 1. The van der Waals surface area contributed by atoms with E-state index in [0.717, 1.165) is 34.3 Å². The molecule has 0 amide bonds. The standard InChI is InChI=1S/C16H14BrClFNS/c17-13-3-1-10(7-14(13)18)9-20-15-5-6-21-16-4-2-11(19)8-12(15)16/h1-4,7-8,15,20H,5-6,9H2. The molecule has 0 bridgehead atoms. The molecule has 0 fully saturated rings. The van der Waals surface area contributed by atoms with Crippen LogP contribution in [0.15, 0.2) is 45.8 Å². The van der Waals surface area contributed by atoms with Crippen molar-refractivity contribution in [3.05, 3.63) is 62.8 Å². The Morgan fingerprint density at radius 2 is 2.14 bits per heavy atom. The summed E-state index contributed by atoms with van der Waals surface area (Å²) in [6.45, 7) is 0.721. The van der Waals surface area contributed by atoms with Crippen LogP contribution in [0.4, 0.5) is 4.39 Å². The van der Waals surface area contributed by atoms with Crippen molar-refractivity contribution >= 4 is 39.3 Å². The zero-order chi connectivity index (χ0) is 14.8. The van der Waals surface area contributed by atoms with Crippen LogP contribution in [0.5, 0.6) is 0 Å². The molecular weight excluding hydrogens is 373 g/mol. The highest BCUT2D eigenvalue weighted by atomic mass is 79.9. The van der Waals surface area contributed by atoms with Gasteiger partial charge in [-0.25, -0.2) is 4.39 Å². The van der Waals surface area contributed by atoms with Crippen LogP contribution < -0.4 is 5.32 Å². The van der Waals surface area contributed by atoms with Gasteiger partial charge >= 0.3 is 0 Å². The second-order valence-corrected chi connectivity index (χ2v) is 7.40. The molecule has 0 spiro atoms. The number of benzene rings is 2. The summed E-state index contributed by atoms with van der Waals surface area (Å²) in [6, 6.07) is 11.2. The van der Waals surface area contributed by atoms with Gasteiger partial charge in [-0.2, -0.15) is 0 Å². The van der Waals surface area contributed by atoms with Crippen LogP contribution in [-0.2, 0) is 6.54 Å². The Bertz CT molecular complexity index is 665. The van der Waals surface area contributed by atoms with Gasteiger partial charge < -0.3 is 5.32 Å². The second kappa shape index (κ2) is 6.69. The molecule has 110 valence electrons. The third kappa shape index (κ3) is 3.62. The molecule has 1 heterocycles. The third-order valence-corrected chi connectivity index (χ3v) is 5.90. The van der Waals surface area contributed by atoms with E-state index in [-0.39, 0.29) is 11.9 Å². The first-order chi connectivity index (χ1) is 10.1. The van der Waals surface area contributed by atoms with Gasteiger partial charge in [-0.1, -0.05) is 17.7 Å². The molecule has 0 radical (unpaired) electrons. The predicted octanol–water partition coefficient (Wildman–Crippen LogP) is 5.57. The van der Waals surface area contributed by atoms with Crippen molar-refractivity contribution in [2.24, 2.45) is 0 Å². The maximum atomic E-state index is 13.5. The summed E-state index contributed by atoms with van der Waals surface area (Å²) in [5.74, 6) is 0.881. The summed E-state index contributed by atoms with van der Waals surface area (Å²) >= 11 is 11.3. The molecule has 1 unspecified atom stereocenters. The molecule has 1 atom stereocenters. The van der Waals surface area contributed by atoms with E-state index in [4.69, 9.17) is 11.6 Å². The van der Waals surface area contributed by atoms with E-state index >= 15 is 0 Å². The fourth-order valence-corrected chi connectivity index (χ4v) is 4.02. The fourth-order valence-electron chi connectivity index (χ4n) is 2.47. The first kappa shape index (κ1) is 15.3. The van der Waals surface area contributed by atoms with Crippen LogP contribution in [0.1, 0.15) is 23.6 Å². The highest BCUT2D eigenvalue weighted by molar-refractivity contribution is 9.10. The van der Waals surface area contributed by atoms with E-state index < -0.39 is 0 Å². The molecular formula is C16H14BrClFNS. The highest BCUT2D eigenvalue weighted by Crippen LogP contribution is 2.36. The largest absolute Gasteiger partial charge is 0.306 e. The minimum absolute atomic E-state index is 0.172. The summed E-state index contributed by atoms with van der Waals surface area (Å²) in [5, 5.41) is 4.22. The fraction of sp³-hybridized carbons (Fsp3) is 0.250. The maximum Gasteiger partial charge on any atom is 0.123 e. The first-order valence-electron chi connectivity index (χ1n) is 6.73. The lowest BCUT2D eigenvalue weighted by Crippen LogP contribution is -2.24. The predicted molar refractivity (Wildman–Crippen MR) is 90.5 cm³/mol. The zero-order valence-electron chi connectivity index (χ0n) is 11.2. The van der Waals surface area contributed by atoms with Gasteiger partial charge in [0.25, 0.3) is 0 Å². The number of fused-ring (bicyclic) bond motifs is 1. The topological polar surface area (TPSA) is 12.0 Å². The maximum absolute atomic E-state index is 13.5. The van der Waals surface area contributed by atoms with Crippen molar-refractivity contribution in [2.75, 3.05) is 5.75 Å². The molecule has 5 heteroatoms. The molecule has 1 N–H and O–H groups in total. The van der Waals surface area contributed by atoms with Crippen LogP contribution in [-0.4, -0.2) is 5.75 Å². The summed E-state index contributed by atoms with van der Waals surface area (Å²) < 4.78 is 14.4. The lowest BCUT2D eigenvalue weighted by molar-refractivity contribution is 0.504. The van der Waals surface area contributed by atoms with E-state index in [1.165, 1.54) is 11.0 Å². The molecule has 3 rings (SSSR count). The van der Waals surface area contributed by atoms with E-state index in [2.05, 4.69) is 21.2 Å². The lowest BCUT2D eigenvalue weighted by Gasteiger charge is -2.26. The van der Waals surface area contributed by atoms with Gasteiger partial charge in [0, 0.05) is 22.0 Å². The third-order valence-electron chi connectivity index (χ3n) is 3.55. The van der Waals surface area contributed by atoms with Crippen molar-refractivity contribution in [3.8, 4) is 0 Å². The Balaban J connectivity index is 1.74. The van der Waals surface area contributed by atoms with Crippen LogP contribution in [0.3, 0.4) is 0 Å². The molecule has 0 aromatic heterocycles. The van der Waals surface area contributed by atoms with Gasteiger partial charge in [-0.05, 0) is 69.6 Å². The summed E-state index contributed by atoms with van der Waals surface area (Å²) in [5.41, 5.74) is 2.19. The first-order valence-corrected chi connectivity index (χ1v) is 8.89. The van der Waals surface area contributed by atoms with Crippen molar-refractivity contribution < 1.29 is 4.39 Å². The Labute approximate surface area is 141 Å².